The van der Waals surface area contributed by atoms with Crippen LogP contribution in [-0.4, -0.2) is 40.9 Å². The molecule has 9 heteroatoms. The third-order valence-corrected chi connectivity index (χ3v) is 7.75. The van der Waals surface area contributed by atoms with Crippen molar-refractivity contribution in [2.45, 2.75) is 44.8 Å². The number of rotatable bonds is 8. The molecule has 2 fully saturated rings. The molecule has 1 heterocycles. The first-order valence-corrected chi connectivity index (χ1v) is 13.5. The lowest BCUT2D eigenvalue weighted by atomic mass is 9.98. The van der Waals surface area contributed by atoms with Crippen molar-refractivity contribution >= 4 is 62.2 Å². The monoisotopic (exact) mass is 575 g/mol. The van der Waals surface area contributed by atoms with E-state index in [0.29, 0.717) is 31.8 Å². The summed E-state index contributed by atoms with van der Waals surface area (Å²) >= 11 is 10.1. The van der Waals surface area contributed by atoms with Crippen molar-refractivity contribution in [2.24, 2.45) is 0 Å². The Labute approximate surface area is 223 Å². The van der Waals surface area contributed by atoms with Crippen LogP contribution >= 0.6 is 39.9 Å². The first kappa shape index (κ1) is 25.7. The van der Waals surface area contributed by atoms with Gasteiger partial charge in [0.15, 0.2) is 11.5 Å². The lowest BCUT2D eigenvalue weighted by Crippen LogP contribution is -2.36. The number of ether oxygens (including phenoxy) is 3. The summed E-state index contributed by atoms with van der Waals surface area (Å²) < 4.78 is 18.1. The van der Waals surface area contributed by atoms with Gasteiger partial charge in [0.05, 0.1) is 16.5 Å². The van der Waals surface area contributed by atoms with Crippen molar-refractivity contribution in [1.29, 1.82) is 0 Å². The number of benzene rings is 2. The first-order chi connectivity index (χ1) is 16.9. The van der Waals surface area contributed by atoms with E-state index in [4.69, 9.17) is 26.4 Å². The van der Waals surface area contributed by atoms with Crippen molar-refractivity contribution < 1.29 is 23.8 Å². The summed E-state index contributed by atoms with van der Waals surface area (Å²) in [4.78, 5) is 27.1. The third kappa shape index (κ3) is 6.65. The number of carbonyl (C=O) groups is 2. The van der Waals surface area contributed by atoms with E-state index in [2.05, 4.69) is 15.9 Å². The summed E-state index contributed by atoms with van der Waals surface area (Å²) in [5, 5.41) is 0. The fourth-order valence-electron chi connectivity index (χ4n) is 4.02. The minimum atomic E-state index is -0.418. The third-order valence-electron chi connectivity index (χ3n) is 5.79. The van der Waals surface area contributed by atoms with E-state index in [1.165, 1.54) is 23.1 Å². The Balaban J connectivity index is 1.44. The van der Waals surface area contributed by atoms with Crippen LogP contribution < -0.4 is 9.47 Å². The number of thiocarbonyl (C=S) groups is 1. The van der Waals surface area contributed by atoms with Crippen LogP contribution in [0.4, 0.5) is 0 Å². The van der Waals surface area contributed by atoms with Crippen LogP contribution in [0.15, 0.2) is 51.8 Å². The second-order valence-electron chi connectivity index (χ2n) is 8.33. The quantitative estimate of drug-likeness (QED) is 0.213. The number of amides is 1. The van der Waals surface area contributed by atoms with E-state index in [0.717, 1.165) is 36.8 Å². The number of hydrogen-bond acceptors (Lipinski definition) is 7. The number of methoxy groups -OCH3 is 1. The number of thioether (sulfide) groups is 1. The Morgan fingerprint density at radius 2 is 1.94 bits per heavy atom. The molecule has 2 aromatic rings. The largest absolute Gasteiger partial charge is 0.493 e. The molecule has 1 aliphatic heterocycles. The maximum Gasteiger partial charge on any atom is 0.326 e. The molecule has 0 radical (unpaired) electrons. The summed E-state index contributed by atoms with van der Waals surface area (Å²) in [5.74, 6) is 0.387. The molecule has 2 aliphatic rings. The number of halogens is 1. The molecular formula is C26H26BrNO5S2. The molecule has 184 valence electrons. The highest BCUT2D eigenvalue weighted by atomic mass is 79.9. The fourth-order valence-corrected chi connectivity index (χ4v) is 5.85. The highest BCUT2D eigenvalue weighted by Gasteiger charge is 2.34. The van der Waals surface area contributed by atoms with Crippen LogP contribution in [0.5, 0.6) is 11.5 Å². The summed E-state index contributed by atoms with van der Waals surface area (Å²) in [7, 11) is 1.57. The molecule has 1 amide bonds. The molecule has 0 bridgehead atoms. The molecule has 1 saturated carbocycles. The maximum atomic E-state index is 13.0. The average Bonchev–Trinajstić information content (AvgIpc) is 3.11. The van der Waals surface area contributed by atoms with Gasteiger partial charge < -0.3 is 14.2 Å². The van der Waals surface area contributed by atoms with Crippen LogP contribution in [0.3, 0.4) is 0 Å². The van der Waals surface area contributed by atoms with E-state index in [9.17, 15) is 9.59 Å². The molecule has 35 heavy (non-hydrogen) atoms. The number of carbonyl (C=O) groups excluding carboxylic acids is 2. The van der Waals surface area contributed by atoms with Gasteiger partial charge in [0.2, 0.25) is 0 Å². The predicted octanol–water partition coefficient (Wildman–Crippen LogP) is 6.11. The molecule has 0 atom stereocenters. The maximum absolute atomic E-state index is 13.0. The molecular weight excluding hydrogens is 550 g/mol. The van der Waals surface area contributed by atoms with Gasteiger partial charge >= 0.3 is 5.97 Å². The molecule has 2 aromatic carbocycles. The van der Waals surface area contributed by atoms with E-state index in [1.54, 1.807) is 19.3 Å². The Morgan fingerprint density at radius 3 is 2.66 bits per heavy atom. The topological polar surface area (TPSA) is 65.1 Å². The second kappa shape index (κ2) is 12.1. The van der Waals surface area contributed by atoms with Crippen molar-refractivity contribution in [3.05, 3.63) is 63.0 Å². The van der Waals surface area contributed by atoms with Crippen molar-refractivity contribution in [3.63, 3.8) is 0 Å². The molecule has 6 nitrogen and oxygen atoms in total. The van der Waals surface area contributed by atoms with E-state index in [-0.39, 0.29) is 18.6 Å². The van der Waals surface area contributed by atoms with Gasteiger partial charge in [0.25, 0.3) is 5.91 Å². The predicted molar refractivity (Wildman–Crippen MR) is 144 cm³/mol. The summed E-state index contributed by atoms with van der Waals surface area (Å²) in [5.41, 5.74) is 1.78. The van der Waals surface area contributed by atoms with Crippen LogP contribution in [0, 0.1) is 0 Å². The van der Waals surface area contributed by atoms with Gasteiger partial charge in [-0.25, -0.2) is 0 Å². The summed E-state index contributed by atoms with van der Waals surface area (Å²) in [6, 6.07) is 13.5. The Bertz CT molecular complexity index is 1130. The van der Waals surface area contributed by atoms with Gasteiger partial charge in [-0.2, -0.15) is 0 Å². The van der Waals surface area contributed by atoms with Crippen LogP contribution in [0.2, 0.25) is 0 Å². The van der Waals surface area contributed by atoms with Gasteiger partial charge in [0, 0.05) is 0 Å². The summed E-state index contributed by atoms with van der Waals surface area (Å²) in [6.07, 6.45) is 6.75. The zero-order chi connectivity index (χ0) is 24.8. The average molecular weight is 577 g/mol. The summed E-state index contributed by atoms with van der Waals surface area (Å²) in [6.45, 7) is 0.225. The number of esters is 1. The van der Waals surface area contributed by atoms with Crippen LogP contribution in [-0.2, 0) is 20.9 Å². The highest BCUT2D eigenvalue weighted by Crippen LogP contribution is 2.39. The standard InChI is InChI=1S/C26H26BrNO5S2/c1-31-21-13-18(12-20(27)24(21)32-16-17-8-4-2-5-9-17)14-22-25(30)28(26(34)35-22)15-23(29)33-19-10-6-3-7-11-19/h2,4-5,8-9,12-14,19H,3,6-7,10-11,15-16H2,1H3/b22-14-. The normalized spacial score (nSPS) is 17.7. The lowest BCUT2D eigenvalue weighted by molar-refractivity contribution is -0.152. The van der Waals surface area contributed by atoms with Gasteiger partial charge in [-0.15, -0.1) is 0 Å². The molecule has 4 rings (SSSR count). The molecule has 0 unspecified atom stereocenters. The molecule has 0 aromatic heterocycles. The lowest BCUT2D eigenvalue weighted by Gasteiger charge is -2.23. The van der Waals surface area contributed by atoms with Crippen molar-refractivity contribution in [2.75, 3.05) is 13.7 Å². The fraction of sp³-hybridized carbons (Fsp3) is 0.346. The van der Waals surface area contributed by atoms with Gasteiger partial charge in [-0.3, -0.25) is 14.5 Å². The van der Waals surface area contributed by atoms with E-state index < -0.39 is 5.97 Å². The minimum Gasteiger partial charge on any atom is -0.493 e. The van der Waals surface area contributed by atoms with Crippen LogP contribution in [0.25, 0.3) is 6.08 Å². The number of nitrogens with zero attached hydrogens (tertiary/aromatic N) is 1. The van der Waals surface area contributed by atoms with E-state index in [1.807, 2.05) is 36.4 Å². The van der Waals surface area contributed by atoms with Crippen molar-refractivity contribution in [1.82, 2.24) is 4.90 Å². The zero-order valence-corrected chi connectivity index (χ0v) is 22.5. The van der Waals surface area contributed by atoms with Crippen molar-refractivity contribution in [3.8, 4) is 11.5 Å². The second-order valence-corrected chi connectivity index (χ2v) is 10.9. The molecule has 1 saturated heterocycles. The first-order valence-electron chi connectivity index (χ1n) is 11.4. The molecule has 0 spiro atoms. The van der Waals surface area contributed by atoms with E-state index >= 15 is 0 Å². The minimum absolute atomic E-state index is 0.0577. The van der Waals surface area contributed by atoms with Gasteiger partial charge in [-0.1, -0.05) is 60.7 Å². The molecule has 1 aliphatic carbocycles. The SMILES string of the molecule is COc1cc(/C=C2\SC(=S)N(CC(=O)OC3CCCCC3)C2=O)cc(Br)c1OCc1ccccc1. The Hall–Kier alpha value is -2.36. The Kier molecular flexibility index (Phi) is 8.86. The van der Waals surface area contributed by atoms with Gasteiger partial charge in [-0.05, 0) is 70.9 Å². The van der Waals surface area contributed by atoms with Gasteiger partial charge in [0.1, 0.15) is 23.6 Å². The molecule has 0 N–H and O–H groups in total. The highest BCUT2D eigenvalue weighted by molar-refractivity contribution is 9.10. The number of hydrogen-bond donors (Lipinski definition) is 0. The van der Waals surface area contributed by atoms with Crippen LogP contribution in [0.1, 0.15) is 43.2 Å². The smallest absolute Gasteiger partial charge is 0.326 e. The zero-order valence-electron chi connectivity index (χ0n) is 19.3. The Morgan fingerprint density at radius 1 is 1.20 bits per heavy atom.